The van der Waals surface area contributed by atoms with E-state index in [0.29, 0.717) is 0 Å². The van der Waals surface area contributed by atoms with Crippen molar-refractivity contribution in [2.45, 2.75) is 367 Å². The van der Waals surface area contributed by atoms with Crippen molar-refractivity contribution >= 4 is 22.7 Å². The number of aromatic nitrogens is 4. The van der Waals surface area contributed by atoms with Gasteiger partial charge in [-0.2, -0.15) is 0 Å². The van der Waals surface area contributed by atoms with Crippen molar-refractivity contribution in [3.8, 4) is 0 Å². The minimum absolute atomic E-state index is 0.129. The van der Waals surface area contributed by atoms with Gasteiger partial charge >= 0.3 is 0 Å². The molecular formula is C90H146N4S2. The first kappa shape index (κ1) is 89.2. The van der Waals surface area contributed by atoms with E-state index in [1.807, 2.05) is 72.0 Å². The van der Waals surface area contributed by atoms with Crippen molar-refractivity contribution in [2.24, 2.45) is 0 Å². The molecule has 0 atom stereocenters. The second-order valence-corrected chi connectivity index (χ2v) is 42.8. The van der Waals surface area contributed by atoms with E-state index in [9.17, 15) is 0 Å². The number of rotatable bonds is 0. The third-order valence-electron chi connectivity index (χ3n) is 16.4. The van der Waals surface area contributed by atoms with E-state index >= 15 is 0 Å². The second kappa shape index (κ2) is 33.1. The Balaban J connectivity index is 0.000000560. The molecule has 4 nitrogen and oxygen atoms in total. The van der Waals surface area contributed by atoms with Crippen LogP contribution >= 0.6 is 22.7 Å². The Labute approximate surface area is 602 Å². The molecule has 0 amide bonds. The van der Waals surface area contributed by atoms with E-state index < -0.39 is 0 Å². The molecular weight excluding hydrogens is 1200 g/mol. The third kappa shape index (κ3) is 29.2. The van der Waals surface area contributed by atoms with Crippen LogP contribution in [-0.4, -0.2) is 19.9 Å². The van der Waals surface area contributed by atoms with Crippen LogP contribution < -0.4 is 0 Å². The quantitative estimate of drug-likeness (QED) is 0.152. The lowest BCUT2D eigenvalue weighted by Crippen LogP contribution is -2.23. The van der Waals surface area contributed by atoms with Crippen LogP contribution in [0.2, 0.25) is 0 Å². The maximum absolute atomic E-state index is 4.52. The molecule has 0 fully saturated rings. The Morgan fingerprint density at radius 3 is 0.594 bits per heavy atom. The molecule has 0 spiro atoms. The van der Waals surface area contributed by atoms with E-state index in [4.69, 9.17) is 0 Å². The number of hydrogen-bond acceptors (Lipinski definition) is 6. The van der Waals surface area contributed by atoms with E-state index in [0.717, 1.165) is 0 Å². The van der Waals surface area contributed by atoms with Crippen LogP contribution in [0.1, 0.15) is 368 Å². The minimum Gasteiger partial charge on any atom is -0.264 e. The largest absolute Gasteiger partial charge is 0.264 e. The van der Waals surface area contributed by atoms with Crippen molar-refractivity contribution in [1.82, 2.24) is 19.9 Å². The smallest absolute Gasteiger partial charge is 0.0494 e. The van der Waals surface area contributed by atoms with Gasteiger partial charge in [-0.15, -0.1) is 22.7 Å². The lowest BCUT2D eigenvalue weighted by atomic mass is 9.75. The Morgan fingerprint density at radius 2 is 0.417 bits per heavy atom. The number of thiophene rings is 2. The molecule has 0 saturated heterocycles. The highest BCUT2D eigenvalue weighted by molar-refractivity contribution is 7.10. The van der Waals surface area contributed by atoms with E-state index in [2.05, 4.69) is 382 Å². The predicted octanol–water partition coefficient (Wildman–Crippen LogP) is 27.7. The van der Waals surface area contributed by atoms with Crippen LogP contribution in [-0.2, 0) is 75.8 Å². The Hall–Kier alpha value is -4.78. The minimum atomic E-state index is 0.129. The topological polar surface area (TPSA) is 51.6 Å². The fourth-order valence-electron chi connectivity index (χ4n) is 11.3. The SMILES string of the molecule is CC(C)(C)c1ccccc1C(C)(C)C.CC(C)(C)c1cccnc1C(C)(C)C.CC(C)(C)c1cccnc1C(C)(C)C.CC(C)(C)c1ccncc1C(C)(C)C.CC(C)(C)c1ccncc1C(C)(C)C.CC(C)(C)c1ccsc1C(C)(C)C.CC(C)(C)c1ccsc1C(C)(C)C. The summed E-state index contributed by atoms with van der Waals surface area (Å²) in [5.74, 6) is 0. The zero-order valence-corrected chi connectivity index (χ0v) is 71.8. The summed E-state index contributed by atoms with van der Waals surface area (Å²) in [4.78, 5) is 20.5. The summed E-state index contributed by atoms with van der Waals surface area (Å²) in [5.41, 5.74) is 19.6. The maximum atomic E-state index is 4.52. The first-order valence-electron chi connectivity index (χ1n) is 35.7. The Morgan fingerprint density at radius 1 is 0.198 bits per heavy atom. The lowest BCUT2D eigenvalue weighted by Gasteiger charge is -2.29. The number of benzene rings is 1. The molecule has 6 aromatic heterocycles. The van der Waals surface area contributed by atoms with Gasteiger partial charge in [0.05, 0.1) is 0 Å². The lowest BCUT2D eigenvalue weighted by molar-refractivity contribution is 0.514. The zero-order chi connectivity index (χ0) is 75.5. The van der Waals surface area contributed by atoms with Crippen molar-refractivity contribution < 1.29 is 0 Å². The van der Waals surface area contributed by atoms with Crippen LogP contribution in [0.25, 0.3) is 0 Å². The molecule has 1 aromatic carbocycles. The van der Waals surface area contributed by atoms with Gasteiger partial charge in [-0.3, -0.25) is 19.9 Å². The molecule has 6 heterocycles. The van der Waals surface area contributed by atoms with Crippen molar-refractivity contribution in [3.05, 3.63) is 198 Å². The van der Waals surface area contributed by atoms with Gasteiger partial charge in [0.1, 0.15) is 0 Å². The number of pyridine rings is 4. The summed E-state index contributed by atoms with van der Waals surface area (Å²) < 4.78 is 0. The van der Waals surface area contributed by atoms with Gasteiger partial charge < -0.3 is 0 Å². The average Bonchev–Trinajstić information content (AvgIpc) is 0.988. The normalized spacial score (nSPS) is 13.1. The monoisotopic (exact) mass is 1350 g/mol. The second-order valence-electron chi connectivity index (χ2n) is 41.0. The first-order chi connectivity index (χ1) is 42.6. The molecule has 0 radical (unpaired) electrons. The molecule has 96 heavy (non-hydrogen) atoms. The molecule has 0 N–H and O–H groups in total. The zero-order valence-electron chi connectivity index (χ0n) is 70.2. The van der Waals surface area contributed by atoms with Crippen LogP contribution in [0.4, 0.5) is 0 Å². The fraction of sp³-hybridized carbons (Fsp3) is 0.622. The number of nitrogens with zero attached hydrogens (tertiary/aromatic N) is 4. The van der Waals surface area contributed by atoms with E-state index in [1.165, 1.54) is 76.8 Å². The molecule has 7 rings (SSSR count). The van der Waals surface area contributed by atoms with Crippen LogP contribution in [0, 0.1) is 0 Å². The highest BCUT2D eigenvalue weighted by Crippen LogP contribution is 2.41. The molecule has 0 saturated carbocycles. The molecule has 0 aliphatic heterocycles. The molecule has 0 aliphatic carbocycles. The summed E-state index contributed by atoms with van der Waals surface area (Å²) in [6.07, 6.45) is 11.5. The molecule has 538 valence electrons. The molecule has 0 bridgehead atoms. The van der Waals surface area contributed by atoms with Crippen LogP contribution in [0.15, 0.2) is 121 Å². The van der Waals surface area contributed by atoms with Gasteiger partial charge in [0, 0.05) is 69.2 Å². The van der Waals surface area contributed by atoms with E-state index in [-0.39, 0.29) is 75.8 Å². The highest BCUT2D eigenvalue weighted by atomic mass is 32.1. The average molecular weight is 1350 g/mol. The van der Waals surface area contributed by atoms with Crippen molar-refractivity contribution in [2.75, 3.05) is 0 Å². The predicted molar refractivity (Wildman–Crippen MR) is 434 cm³/mol. The van der Waals surface area contributed by atoms with Gasteiger partial charge in [0.2, 0.25) is 0 Å². The molecule has 0 aliphatic rings. The van der Waals surface area contributed by atoms with Gasteiger partial charge in [-0.05, 0) is 168 Å². The summed E-state index contributed by atoms with van der Waals surface area (Å²) >= 11 is 3.77. The summed E-state index contributed by atoms with van der Waals surface area (Å²) in [6, 6.07) is 26.0. The summed E-state index contributed by atoms with van der Waals surface area (Å²) in [6.45, 7) is 94.6. The van der Waals surface area contributed by atoms with Crippen LogP contribution in [0.5, 0.6) is 0 Å². The first-order valence-corrected chi connectivity index (χ1v) is 37.4. The van der Waals surface area contributed by atoms with Crippen molar-refractivity contribution in [1.29, 1.82) is 0 Å². The van der Waals surface area contributed by atoms with Gasteiger partial charge in [-0.1, -0.05) is 327 Å². The summed E-state index contributed by atoms with van der Waals surface area (Å²) in [5, 5.41) is 4.42. The van der Waals surface area contributed by atoms with Crippen LogP contribution in [0.3, 0.4) is 0 Å². The number of hydrogen-bond donors (Lipinski definition) is 0. The van der Waals surface area contributed by atoms with Gasteiger partial charge in [-0.25, -0.2) is 0 Å². The highest BCUT2D eigenvalue weighted by Gasteiger charge is 2.31. The Kier molecular flexibility index (Phi) is 30.8. The molecule has 0 unspecified atom stereocenters. The van der Waals surface area contributed by atoms with Gasteiger partial charge in [0.15, 0.2) is 0 Å². The Bertz CT molecular complexity index is 2750. The van der Waals surface area contributed by atoms with E-state index in [1.54, 1.807) is 0 Å². The molecule has 6 heteroatoms. The third-order valence-corrected chi connectivity index (χ3v) is 19.1. The molecule has 7 aromatic rings. The standard InChI is InChI=1S/C14H22.4C13H21N.2C12H20S/c1-13(2,3)11-9-7-8-10-12(11)14(4,5)6;2*1-12(2,3)10-7-8-14-9-11(10)13(4,5)6;2*1-12(2,3)10-8-7-9-14-11(10)13(4,5)6;2*1-11(2,3)9-7-8-13-10(9)12(4,5)6/h7-10H,1-6H3;4*7-9H,1-6H3;2*7-8H,1-6H3. The summed E-state index contributed by atoms with van der Waals surface area (Å²) in [7, 11) is 0. The van der Waals surface area contributed by atoms with Crippen molar-refractivity contribution in [3.63, 3.8) is 0 Å². The fourth-order valence-corrected chi connectivity index (χ4v) is 13.7. The van der Waals surface area contributed by atoms with Gasteiger partial charge in [0.25, 0.3) is 0 Å². The maximum Gasteiger partial charge on any atom is 0.0494 e.